The number of nitrogens with two attached hydrogens (primary N) is 1. The number of aromatic nitrogens is 2. The number of rotatable bonds is 5. The molecule has 9 nitrogen and oxygen atoms in total. The van der Waals surface area contributed by atoms with Gasteiger partial charge in [-0.2, -0.15) is 12.7 Å². The lowest BCUT2D eigenvalue weighted by molar-refractivity contribution is 0.0932. The molecule has 3 N–H and O–H groups in total. The number of amides is 1. The highest BCUT2D eigenvalue weighted by molar-refractivity contribution is 7.86. The molecule has 1 aliphatic rings. The van der Waals surface area contributed by atoms with Gasteiger partial charge in [0, 0.05) is 25.3 Å². The Morgan fingerprint density at radius 2 is 2.23 bits per heavy atom. The van der Waals surface area contributed by atoms with Crippen LogP contribution in [0.5, 0.6) is 5.75 Å². The highest BCUT2D eigenvalue weighted by Crippen LogP contribution is 2.22. The molecule has 1 saturated heterocycles. The van der Waals surface area contributed by atoms with E-state index >= 15 is 0 Å². The minimum atomic E-state index is -3.73. The molecule has 0 spiro atoms. The number of fused-ring (bicyclic) bond motifs is 1. The molecule has 3 heterocycles. The summed E-state index contributed by atoms with van der Waals surface area (Å²) in [7, 11) is -3.73. The number of halogens is 1. The molecule has 0 aromatic carbocycles. The number of carbonyl (C=O) groups excluding carboxylic acids is 1. The molecule has 0 unspecified atom stereocenters. The second kappa shape index (κ2) is 7.78. The fourth-order valence-corrected chi connectivity index (χ4v) is 3.78. The molecule has 1 atom stereocenters. The van der Waals surface area contributed by atoms with Gasteiger partial charge in [-0.3, -0.25) is 9.20 Å². The van der Waals surface area contributed by atoms with Gasteiger partial charge in [0.2, 0.25) is 0 Å². The Kier molecular flexibility index (Phi) is 6.12. The van der Waals surface area contributed by atoms with Crippen LogP contribution in [0.3, 0.4) is 0 Å². The van der Waals surface area contributed by atoms with Crippen LogP contribution < -0.4 is 15.2 Å². The number of hydrogen-bond donors (Lipinski definition) is 2. The lowest BCUT2D eigenvalue weighted by Gasteiger charge is -2.14. The summed E-state index contributed by atoms with van der Waals surface area (Å²) < 4.78 is 31.2. The highest BCUT2D eigenvalue weighted by atomic mass is 35.5. The average molecular weight is 404 g/mol. The van der Waals surface area contributed by atoms with Crippen molar-refractivity contribution < 1.29 is 17.9 Å². The minimum Gasteiger partial charge on any atom is -0.490 e. The van der Waals surface area contributed by atoms with Crippen molar-refractivity contribution in [3.63, 3.8) is 0 Å². The Labute approximate surface area is 158 Å². The highest BCUT2D eigenvalue weighted by Gasteiger charge is 2.31. The summed E-state index contributed by atoms with van der Waals surface area (Å²) in [5.41, 5.74) is 1.56. The topological polar surface area (TPSA) is 119 Å². The van der Waals surface area contributed by atoms with Crippen LogP contribution in [0, 0.1) is 6.92 Å². The molecule has 1 aliphatic heterocycles. The summed E-state index contributed by atoms with van der Waals surface area (Å²) in [4.78, 5) is 17.1. The standard InChI is InChI=1S/C15H21N5O4S.ClH/c1-3-24-12-5-4-7-20-13(10(2)17-14(12)20)15(21)18-11-6-8-19(9-11)25(16,22)23;/h4-5,7,11H,3,6,8-9H2,1-2H3,(H,18,21)(H2,16,22,23);1H/t11-;/m1./s1. The van der Waals surface area contributed by atoms with Crippen LogP contribution >= 0.6 is 12.4 Å². The lowest BCUT2D eigenvalue weighted by Crippen LogP contribution is -2.40. The van der Waals surface area contributed by atoms with E-state index in [-0.39, 0.29) is 30.9 Å². The van der Waals surface area contributed by atoms with Crippen LogP contribution in [-0.4, -0.2) is 53.8 Å². The molecule has 2 aromatic rings. The molecule has 0 aliphatic carbocycles. The summed E-state index contributed by atoms with van der Waals surface area (Å²) in [6.07, 6.45) is 2.26. The summed E-state index contributed by atoms with van der Waals surface area (Å²) >= 11 is 0. The number of carbonyl (C=O) groups is 1. The van der Waals surface area contributed by atoms with E-state index in [0.29, 0.717) is 42.4 Å². The zero-order chi connectivity index (χ0) is 18.2. The predicted octanol–water partition coefficient (Wildman–Crippen LogP) is 0.471. The summed E-state index contributed by atoms with van der Waals surface area (Å²) in [6, 6.07) is 3.30. The van der Waals surface area contributed by atoms with Gasteiger partial charge in [-0.05, 0) is 32.4 Å². The van der Waals surface area contributed by atoms with Gasteiger partial charge in [-0.15, -0.1) is 12.4 Å². The van der Waals surface area contributed by atoms with E-state index in [1.807, 2.05) is 6.92 Å². The van der Waals surface area contributed by atoms with Crippen molar-refractivity contribution in [2.24, 2.45) is 5.14 Å². The third-order valence-corrected chi connectivity index (χ3v) is 5.20. The second-order valence-electron chi connectivity index (χ2n) is 5.91. The Hall–Kier alpha value is -1.88. The molecule has 1 fully saturated rings. The van der Waals surface area contributed by atoms with E-state index in [1.165, 1.54) is 0 Å². The van der Waals surface area contributed by atoms with Crippen molar-refractivity contribution in [2.45, 2.75) is 26.3 Å². The number of nitrogens with one attached hydrogen (secondary N) is 1. The van der Waals surface area contributed by atoms with Crippen LogP contribution in [0.2, 0.25) is 0 Å². The summed E-state index contributed by atoms with van der Waals surface area (Å²) in [5.74, 6) is 0.299. The maximum atomic E-state index is 12.7. The maximum Gasteiger partial charge on any atom is 0.276 e. The molecule has 26 heavy (non-hydrogen) atoms. The van der Waals surface area contributed by atoms with Crippen molar-refractivity contribution >= 4 is 34.2 Å². The predicted molar refractivity (Wildman–Crippen MR) is 98.9 cm³/mol. The monoisotopic (exact) mass is 403 g/mol. The van der Waals surface area contributed by atoms with Crippen LogP contribution in [0.25, 0.3) is 5.65 Å². The maximum absolute atomic E-state index is 12.7. The molecule has 3 rings (SSSR count). The first-order valence-corrected chi connectivity index (χ1v) is 9.50. The van der Waals surface area contributed by atoms with Gasteiger partial charge in [0.05, 0.1) is 12.3 Å². The fourth-order valence-electron chi connectivity index (χ4n) is 3.03. The SMILES string of the molecule is CCOc1cccn2c(C(=O)N[C@@H]3CCN(S(N)(=O)=O)C3)c(C)nc12.Cl. The van der Waals surface area contributed by atoms with Crippen LogP contribution in [0.1, 0.15) is 29.5 Å². The molecular formula is C15H22ClN5O4S. The zero-order valence-corrected chi connectivity index (χ0v) is 16.1. The van der Waals surface area contributed by atoms with E-state index in [4.69, 9.17) is 9.88 Å². The van der Waals surface area contributed by atoms with Crippen LogP contribution in [-0.2, 0) is 10.2 Å². The summed E-state index contributed by atoms with van der Waals surface area (Å²) in [5, 5.41) is 7.99. The van der Waals surface area contributed by atoms with E-state index in [2.05, 4.69) is 10.3 Å². The second-order valence-corrected chi connectivity index (χ2v) is 7.45. The number of ether oxygens (including phenoxy) is 1. The van der Waals surface area contributed by atoms with Crippen molar-refractivity contribution in [1.82, 2.24) is 19.0 Å². The van der Waals surface area contributed by atoms with Gasteiger partial charge >= 0.3 is 0 Å². The van der Waals surface area contributed by atoms with Crippen molar-refractivity contribution in [3.8, 4) is 5.75 Å². The molecular weight excluding hydrogens is 382 g/mol. The average Bonchev–Trinajstić information content (AvgIpc) is 3.11. The molecule has 0 radical (unpaired) electrons. The number of pyridine rings is 1. The first-order valence-electron chi connectivity index (χ1n) is 8.00. The third-order valence-electron chi connectivity index (χ3n) is 4.15. The number of imidazole rings is 1. The first kappa shape index (κ1) is 20.4. The van der Waals surface area contributed by atoms with Crippen molar-refractivity contribution in [3.05, 3.63) is 29.7 Å². The van der Waals surface area contributed by atoms with Crippen molar-refractivity contribution in [1.29, 1.82) is 0 Å². The van der Waals surface area contributed by atoms with Gasteiger partial charge in [0.1, 0.15) is 5.69 Å². The smallest absolute Gasteiger partial charge is 0.276 e. The molecule has 1 amide bonds. The van der Waals surface area contributed by atoms with Crippen molar-refractivity contribution in [2.75, 3.05) is 19.7 Å². The van der Waals surface area contributed by atoms with E-state index in [9.17, 15) is 13.2 Å². The minimum absolute atomic E-state index is 0. The van der Waals surface area contributed by atoms with E-state index in [1.54, 1.807) is 29.7 Å². The molecule has 0 bridgehead atoms. The number of nitrogens with zero attached hydrogens (tertiary/aromatic N) is 3. The largest absolute Gasteiger partial charge is 0.490 e. The Balaban J connectivity index is 0.00000243. The van der Waals surface area contributed by atoms with Gasteiger partial charge in [0.15, 0.2) is 11.4 Å². The molecule has 144 valence electrons. The van der Waals surface area contributed by atoms with Gasteiger partial charge < -0.3 is 10.1 Å². The number of hydrogen-bond acceptors (Lipinski definition) is 5. The fraction of sp³-hybridized carbons (Fsp3) is 0.467. The first-order chi connectivity index (χ1) is 11.8. The Morgan fingerprint density at radius 1 is 1.50 bits per heavy atom. The normalized spacial score (nSPS) is 17.9. The van der Waals surface area contributed by atoms with E-state index in [0.717, 1.165) is 4.31 Å². The Morgan fingerprint density at radius 3 is 2.85 bits per heavy atom. The molecule has 2 aromatic heterocycles. The zero-order valence-electron chi connectivity index (χ0n) is 14.5. The van der Waals surface area contributed by atoms with E-state index < -0.39 is 10.2 Å². The lowest BCUT2D eigenvalue weighted by atomic mass is 10.2. The molecule has 0 saturated carbocycles. The van der Waals surface area contributed by atoms with Crippen LogP contribution in [0.4, 0.5) is 0 Å². The summed E-state index contributed by atoms with van der Waals surface area (Å²) in [6.45, 7) is 4.60. The molecule has 11 heteroatoms. The third kappa shape index (κ3) is 3.93. The quantitative estimate of drug-likeness (QED) is 0.752. The van der Waals surface area contributed by atoms with Gasteiger partial charge in [-0.1, -0.05) is 0 Å². The van der Waals surface area contributed by atoms with Gasteiger partial charge in [0.25, 0.3) is 16.1 Å². The van der Waals surface area contributed by atoms with Crippen LogP contribution in [0.15, 0.2) is 18.3 Å². The Bertz CT molecular complexity index is 914. The van der Waals surface area contributed by atoms with Gasteiger partial charge in [-0.25, -0.2) is 10.1 Å². The number of aryl methyl sites for hydroxylation is 1.